The molecular formula is C17H22N2O10S2. The molecule has 3 rings (SSSR count). The molecule has 14 heteroatoms. The second-order valence-corrected chi connectivity index (χ2v) is 8.88. The van der Waals surface area contributed by atoms with E-state index in [1.807, 2.05) is 0 Å². The maximum Gasteiger partial charge on any atom is 0.466 e. The van der Waals surface area contributed by atoms with Gasteiger partial charge in [0.1, 0.15) is 40.6 Å². The minimum atomic E-state index is -4.90. The fourth-order valence-corrected chi connectivity index (χ4v) is 4.39. The van der Waals surface area contributed by atoms with Crippen LogP contribution in [0.25, 0.3) is 10.9 Å². The van der Waals surface area contributed by atoms with Gasteiger partial charge in [-0.25, -0.2) is 4.28 Å². The number of methoxy groups -OCH3 is 1. The number of rotatable bonds is 7. The van der Waals surface area contributed by atoms with Gasteiger partial charge in [0, 0.05) is 23.5 Å². The molecule has 0 unspecified atom stereocenters. The van der Waals surface area contributed by atoms with Crippen LogP contribution in [0, 0.1) is 0 Å². The first-order valence-corrected chi connectivity index (χ1v) is 11.2. The van der Waals surface area contributed by atoms with Crippen LogP contribution < -0.4 is 4.74 Å². The third-order valence-corrected chi connectivity index (χ3v) is 6.03. The molecule has 1 aromatic heterocycles. The Kier molecular flexibility index (Phi) is 7.43. The van der Waals surface area contributed by atoms with E-state index in [1.54, 1.807) is 24.4 Å². The van der Waals surface area contributed by atoms with Gasteiger partial charge in [-0.3, -0.25) is 4.55 Å². The van der Waals surface area contributed by atoms with Gasteiger partial charge in [-0.2, -0.15) is 8.42 Å². The summed E-state index contributed by atoms with van der Waals surface area (Å²) in [5.74, 6) is 0.586. The Hall–Kier alpha value is -1.91. The molecule has 0 spiro atoms. The summed E-state index contributed by atoms with van der Waals surface area (Å²) < 4.78 is 45.6. The average molecular weight is 479 g/mol. The van der Waals surface area contributed by atoms with Gasteiger partial charge in [-0.05, 0) is 23.8 Å². The lowest BCUT2D eigenvalue weighted by molar-refractivity contribution is -0.205. The number of aromatic amines is 1. The Labute approximate surface area is 181 Å². The summed E-state index contributed by atoms with van der Waals surface area (Å²) in [7, 11) is -3.39. The summed E-state index contributed by atoms with van der Waals surface area (Å²) in [6.45, 7) is -0.627. The van der Waals surface area contributed by atoms with Gasteiger partial charge in [-0.1, -0.05) is 16.9 Å². The number of thioether (sulfide) groups is 1. The highest BCUT2D eigenvalue weighted by atomic mass is 32.3. The molecule has 2 aromatic rings. The summed E-state index contributed by atoms with van der Waals surface area (Å²) in [4.78, 5) is 3.04. The maximum absolute atomic E-state index is 11.0. The van der Waals surface area contributed by atoms with Crippen molar-refractivity contribution in [2.75, 3.05) is 13.7 Å². The molecule has 1 aliphatic rings. The fraction of sp³-hybridized carbons (Fsp3) is 0.471. The molecule has 0 aliphatic carbocycles. The molecule has 1 aromatic carbocycles. The van der Waals surface area contributed by atoms with Gasteiger partial charge < -0.3 is 34.9 Å². The van der Waals surface area contributed by atoms with Crippen molar-refractivity contribution in [3.05, 3.63) is 30.0 Å². The topological polar surface area (TPSA) is 191 Å². The van der Waals surface area contributed by atoms with Gasteiger partial charge in [0.25, 0.3) is 0 Å². The van der Waals surface area contributed by atoms with Crippen LogP contribution in [0.5, 0.6) is 5.75 Å². The quantitative estimate of drug-likeness (QED) is 0.129. The van der Waals surface area contributed by atoms with Gasteiger partial charge in [0.15, 0.2) is 0 Å². The molecule has 31 heavy (non-hydrogen) atoms. The highest BCUT2D eigenvalue weighted by molar-refractivity contribution is 8.14. The van der Waals surface area contributed by atoms with Crippen molar-refractivity contribution in [3.63, 3.8) is 0 Å². The van der Waals surface area contributed by atoms with Crippen molar-refractivity contribution in [2.24, 2.45) is 5.16 Å². The van der Waals surface area contributed by atoms with Gasteiger partial charge in [-0.15, -0.1) is 0 Å². The molecular weight excluding hydrogens is 456 g/mol. The van der Waals surface area contributed by atoms with E-state index in [-0.39, 0.29) is 11.5 Å². The Bertz CT molecular complexity index is 1040. The summed E-state index contributed by atoms with van der Waals surface area (Å²) >= 11 is 0.706. The number of hydrogen-bond acceptors (Lipinski definition) is 11. The zero-order valence-electron chi connectivity index (χ0n) is 16.2. The largest absolute Gasteiger partial charge is 0.497 e. The van der Waals surface area contributed by atoms with Crippen molar-refractivity contribution in [3.8, 4) is 5.75 Å². The minimum absolute atomic E-state index is 0.0115. The number of fused-ring (bicyclic) bond motifs is 1. The molecule has 6 N–H and O–H groups in total. The Balaban J connectivity index is 1.89. The minimum Gasteiger partial charge on any atom is -0.497 e. The molecule has 0 radical (unpaired) electrons. The van der Waals surface area contributed by atoms with Gasteiger partial charge in [0.2, 0.25) is 0 Å². The van der Waals surface area contributed by atoms with Crippen LogP contribution in [-0.4, -0.2) is 87.0 Å². The molecule has 1 aliphatic heterocycles. The molecule has 0 bridgehead atoms. The summed E-state index contributed by atoms with van der Waals surface area (Å²) in [6, 6.07) is 5.29. The van der Waals surface area contributed by atoms with Crippen molar-refractivity contribution < 1.29 is 47.2 Å². The molecule has 2 heterocycles. The average Bonchev–Trinajstić information content (AvgIpc) is 3.13. The third-order valence-electron chi connectivity index (χ3n) is 4.65. The predicted octanol–water partition coefficient (Wildman–Crippen LogP) is -0.615. The van der Waals surface area contributed by atoms with Crippen LogP contribution in [-0.2, 0) is 25.8 Å². The summed E-state index contributed by atoms with van der Waals surface area (Å²) in [5.41, 5.74) is 0.200. The summed E-state index contributed by atoms with van der Waals surface area (Å²) in [6.07, 6.45) is -4.26. The number of nitrogens with zero attached hydrogens (tertiary/aromatic N) is 1. The Morgan fingerprint density at radius 3 is 2.65 bits per heavy atom. The van der Waals surface area contributed by atoms with Crippen LogP contribution in [0.3, 0.4) is 0 Å². The van der Waals surface area contributed by atoms with Crippen LogP contribution in [0.15, 0.2) is 29.6 Å². The predicted molar refractivity (Wildman–Crippen MR) is 110 cm³/mol. The highest BCUT2D eigenvalue weighted by Crippen LogP contribution is 2.32. The number of nitrogens with one attached hydrogen (secondary N) is 1. The smallest absolute Gasteiger partial charge is 0.466 e. The number of H-pyrrole nitrogens is 1. The van der Waals surface area contributed by atoms with Crippen LogP contribution >= 0.6 is 11.8 Å². The van der Waals surface area contributed by atoms with Gasteiger partial charge in [0.05, 0.1) is 13.7 Å². The molecule has 172 valence electrons. The first kappa shape index (κ1) is 23.7. The zero-order valence-corrected chi connectivity index (χ0v) is 17.8. The molecule has 5 atom stereocenters. The molecule has 12 nitrogen and oxygen atoms in total. The second kappa shape index (κ2) is 9.70. The molecule has 0 saturated carbocycles. The normalized spacial score (nSPS) is 27.4. The first-order chi connectivity index (χ1) is 14.6. The van der Waals surface area contributed by atoms with E-state index in [9.17, 15) is 28.8 Å². The van der Waals surface area contributed by atoms with E-state index in [2.05, 4.69) is 14.4 Å². The number of aromatic nitrogens is 1. The van der Waals surface area contributed by atoms with Crippen LogP contribution in [0.2, 0.25) is 0 Å². The number of benzene rings is 1. The second-order valence-electron chi connectivity index (χ2n) is 6.70. The van der Waals surface area contributed by atoms with Crippen molar-refractivity contribution in [1.29, 1.82) is 0 Å². The van der Waals surface area contributed by atoms with Crippen molar-refractivity contribution in [2.45, 2.75) is 36.3 Å². The van der Waals surface area contributed by atoms with E-state index in [1.165, 1.54) is 7.11 Å². The number of ether oxygens (including phenoxy) is 2. The Morgan fingerprint density at radius 1 is 1.26 bits per heavy atom. The lowest BCUT2D eigenvalue weighted by atomic mass is 10.0. The number of aliphatic hydroxyl groups excluding tert-OH is 4. The van der Waals surface area contributed by atoms with Crippen LogP contribution in [0.4, 0.5) is 0 Å². The number of oxime groups is 1. The molecule has 0 amide bonds. The lowest BCUT2D eigenvalue weighted by Crippen LogP contribution is -2.57. The third kappa shape index (κ3) is 5.67. The Morgan fingerprint density at radius 2 is 2.00 bits per heavy atom. The monoisotopic (exact) mass is 478 g/mol. The highest BCUT2D eigenvalue weighted by Gasteiger charge is 2.44. The van der Waals surface area contributed by atoms with E-state index in [0.29, 0.717) is 23.1 Å². The first-order valence-electron chi connectivity index (χ1n) is 8.97. The fourth-order valence-electron chi connectivity index (χ4n) is 3.08. The molecule has 1 saturated heterocycles. The van der Waals surface area contributed by atoms with Crippen LogP contribution in [0.1, 0.15) is 5.56 Å². The standard InChI is InChI=1S/C17H22N2O10S2/c1-27-9-2-3-11-10(5-9)8(6-18-11)4-13(19-29-31(24,25)26)30-17-16(23)15(22)14(21)12(7-20)28-17/h2-3,5-6,12,14-18,20-23H,4,7H2,1H3,(H,24,25,26)/b19-13-/t12-,14-,15+,16-,17+/m1/s1. The van der Waals surface area contributed by atoms with Gasteiger partial charge >= 0.3 is 10.4 Å². The zero-order chi connectivity index (χ0) is 22.8. The van der Waals surface area contributed by atoms with E-state index < -0.39 is 46.9 Å². The van der Waals surface area contributed by atoms with Crippen molar-refractivity contribution >= 4 is 38.1 Å². The SMILES string of the molecule is COc1ccc2[nH]cc(C/C(=N/OS(=O)(=O)O)S[C@@H]3O[C@H](CO)[C@@H](O)[C@H](O)[C@H]3O)c2c1. The van der Waals surface area contributed by atoms with Crippen molar-refractivity contribution in [1.82, 2.24) is 4.98 Å². The number of hydrogen-bond donors (Lipinski definition) is 6. The summed E-state index contributed by atoms with van der Waals surface area (Å²) in [5, 5.41) is 43.6. The maximum atomic E-state index is 11.0. The van der Waals surface area contributed by atoms with E-state index >= 15 is 0 Å². The van der Waals surface area contributed by atoms with E-state index in [0.717, 1.165) is 10.9 Å². The number of aliphatic hydroxyl groups is 4. The van der Waals surface area contributed by atoms with E-state index in [4.69, 9.17) is 14.0 Å². The lowest BCUT2D eigenvalue weighted by Gasteiger charge is -2.39. The molecule has 1 fully saturated rings.